The SMILES string of the molecule is COc1cc(NC(=O)c2ccc(OCCCN3CCN(C(c4ccccc4)c4ccccc4)CC3)cc2)cc(OC)c1OC. The van der Waals surface area contributed by atoms with E-state index in [4.69, 9.17) is 18.9 Å². The van der Waals surface area contributed by atoms with E-state index in [9.17, 15) is 4.79 Å². The summed E-state index contributed by atoms with van der Waals surface area (Å²) in [6.07, 6.45) is 0.935. The van der Waals surface area contributed by atoms with Crippen LogP contribution in [-0.2, 0) is 0 Å². The lowest BCUT2D eigenvalue weighted by Gasteiger charge is -2.39. The summed E-state index contributed by atoms with van der Waals surface area (Å²) in [5.74, 6) is 1.91. The maximum absolute atomic E-state index is 12.9. The largest absolute Gasteiger partial charge is 0.494 e. The summed E-state index contributed by atoms with van der Waals surface area (Å²) in [5, 5.41) is 2.89. The van der Waals surface area contributed by atoms with Crippen molar-refractivity contribution in [2.75, 3.05) is 66.0 Å². The average molecular weight is 596 g/mol. The van der Waals surface area contributed by atoms with Crippen LogP contribution >= 0.6 is 0 Å². The predicted octanol–water partition coefficient (Wildman–Crippen LogP) is 6.14. The fraction of sp³-hybridized carbons (Fsp3) is 0.306. The lowest BCUT2D eigenvalue weighted by atomic mass is 9.96. The highest BCUT2D eigenvalue weighted by Gasteiger charge is 2.26. The summed E-state index contributed by atoms with van der Waals surface area (Å²) in [6.45, 7) is 5.72. The molecule has 5 rings (SSSR count). The van der Waals surface area contributed by atoms with Crippen LogP contribution in [0.4, 0.5) is 5.69 Å². The minimum Gasteiger partial charge on any atom is -0.494 e. The van der Waals surface area contributed by atoms with E-state index >= 15 is 0 Å². The zero-order valence-electron chi connectivity index (χ0n) is 25.7. The molecule has 1 saturated heterocycles. The quantitative estimate of drug-likeness (QED) is 0.186. The van der Waals surface area contributed by atoms with E-state index in [2.05, 4.69) is 75.8 Å². The molecule has 1 fully saturated rings. The van der Waals surface area contributed by atoms with Gasteiger partial charge in [0.15, 0.2) is 11.5 Å². The molecule has 8 nitrogen and oxygen atoms in total. The topological polar surface area (TPSA) is 72.5 Å². The van der Waals surface area contributed by atoms with Crippen molar-refractivity contribution in [3.8, 4) is 23.0 Å². The monoisotopic (exact) mass is 595 g/mol. The number of hydrogen-bond acceptors (Lipinski definition) is 7. The highest BCUT2D eigenvalue weighted by molar-refractivity contribution is 6.04. The number of amides is 1. The molecular formula is C36H41N3O5. The first-order chi connectivity index (χ1) is 21.6. The van der Waals surface area contributed by atoms with Crippen molar-refractivity contribution in [1.82, 2.24) is 9.80 Å². The third-order valence-corrected chi connectivity index (χ3v) is 7.93. The molecule has 0 aliphatic carbocycles. The zero-order valence-corrected chi connectivity index (χ0v) is 25.7. The fourth-order valence-corrected chi connectivity index (χ4v) is 5.67. The molecule has 8 heteroatoms. The van der Waals surface area contributed by atoms with Gasteiger partial charge in [0.1, 0.15) is 5.75 Å². The Morgan fingerprint density at radius 2 is 1.32 bits per heavy atom. The van der Waals surface area contributed by atoms with Gasteiger partial charge >= 0.3 is 0 Å². The Morgan fingerprint density at radius 1 is 0.750 bits per heavy atom. The number of nitrogens with zero attached hydrogens (tertiary/aromatic N) is 2. The van der Waals surface area contributed by atoms with Gasteiger partial charge in [0, 0.05) is 56.1 Å². The Hall–Kier alpha value is -4.53. The molecule has 1 N–H and O–H groups in total. The molecule has 0 aromatic heterocycles. The molecule has 4 aromatic carbocycles. The van der Waals surface area contributed by atoms with Gasteiger partial charge in [-0.3, -0.25) is 9.69 Å². The number of carbonyl (C=O) groups is 1. The lowest BCUT2D eigenvalue weighted by molar-refractivity contribution is 0.102. The van der Waals surface area contributed by atoms with Gasteiger partial charge in [0.05, 0.1) is 34.0 Å². The van der Waals surface area contributed by atoms with Crippen LogP contribution in [0.15, 0.2) is 97.1 Å². The number of hydrogen-bond donors (Lipinski definition) is 1. The summed E-state index contributed by atoms with van der Waals surface area (Å²) >= 11 is 0. The zero-order chi connectivity index (χ0) is 30.7. The van der Waals surface area contributed by atoms with E-state index in [1.807, 2.05) is 12.1 Å². The Morgan fingerprint density at radius 3 is 1.84 bits per heavy atom. The predicted molar refractivity (Wildman–Crippen MR) is 173 cm³/mol. The smallest absolute Gasteiger partial charge is 0.255 e. The first-order valence-electron chi connectivity index (χ1n) is 15.0. The van der Waals surface area contributed by atoms with Gasteiger partial charge in [-0.2, -0.15) is 0 Å². The van der Waals surface area contributed by atoms with Crippen LogP contribution in [0, 0.1) is 0 Å². The number of benzene rings is 4. The molecule has 1 aliphatic heterocycles. The summed E-state index contributed by atoms with van der Waals surface area (Å²) in [4.78, 5) is 18.0. The minimum atomic E-state index is -0.244. The van der Waals surface area contributed by atoms with Crippen LogP contribution in [0.5, 0.6) is 23.0 Å². The maximum Gasteiger partial charge on any atom is 0.255 e. The highest BCUT2D eigenvalue weighted by atomic mass is 16.5. The third kappa shape index (κ3) is 7.70. The number of ether oxygens (including phenoxy) is 4. The average Bonchev–Trinajstić information content (AvgIpc) is 3.08. The van der Waals surface area contributed by atoms with Gasteiger partial charge in [0.2, 0.25) is 5.75 Å². The van der Waals surface area contributed by atoms with Crippen LogP contribution in [0.3, 0.4) is 0 Å². The van der Waals surface area contributed by atoms with Gasteiger partial charge in [-0.05, 0) is 41.8 Å². The van der Waals surface area contributed by atoms with E-state index < -0.39 is 0 Å². The molecule has 1 amide bonds. The first kappa shape index (κ1) is 30.9. The molecule has 0 bridgehead atoms. The molecule has 230 valence electrons. The molecule has 0 unspecified atom stereocenters. The third-order valence-electron chi connectivity index (χ3n) is 7.93. The second-order valence-corrected chi connectivity index (χ2v) is 10.7. The second-order valence-electron chi connectivity index (χ2n) is 10.7. The number of anilines is 1. The van der Waals surface area contributed by atoms with Crippen molar-refractivity contribution in [3.05, 3.63) is 114 Å². The summed E-state index contributed by atoms with van der Waals surface area (Å²) in [7, 11) is 4.61. The van der Waals surface area contributed by atoms with E-state index in [1.54, 1.807) is 24.3 Å². The van der Waals surface area contributed by atoms with Crippen molar-refractivity contribution >= 4 is 11.6 Å². The Balaban J connectivity index is 1.07. The van der Waals surface area contributed by atoms with E-state index in [0.29, 0.717) is 35.1 Å². The van der Waals surface area contributed by atoms with E-state index in [1.165, 1.54) is 32.5 Å². The Labute approximate surface area is 260 Å². The van der Waals surface area contributed by atoms with Crippen LogP contribution in [0.25, 0.3) is 0 Å². The summed E-state index contributed by atoms with van der Waals surface area (Å²) in [6, 6.07) is 32.4. The lowest BCUT2D eigenvalue weighted by Crippen LogP contribution is -2.48. The van der Waals surface area contributed by atoms with Gasteiger partial charge in [-0.1, -0.05) is 60.7 Å². The van der Waals surface area contributed by atoms with Crippen molar-refractivity contribution in [3.63, 3.8) is 0 Å². The molecule has 4 aromatic rings. The molecule has 0 atom stereocenters. The summed E-state index contributed by atoms with van der Waals surface area (Å²) in [5.41, 5.74) is 3.74. The normalized spacial score (nSPS) is 13.8. The number of rotatable bonds is 13. The van der Waals surface area contributed by atoms with E-state index in [0.717, 1.165) is 44.9 Å². The van der Waals surface area contributed by atoms with Gasteiger partial charge in [-0.25, -0.2) is 0 Å². The number of nitrogens with one attached hydrogen (secondary N) is 1. The standard InChI is InChI=1S/C36H41N3O5/c1-41-32-25-30(26-33(42-2)35(32)43-3)37-36(40)29-15-17-31(18-16-29)44-24-10-19-38-20-22-39(23-21-38)34(27-11-6-4-7-12-27)28-13-8-5-9-14-28/h4-9,11-18,25-26,34H,10,19-24H2,1-3H3,(H,37,40). The van der Waals surface area contributed by atoms with Crippen molar-refractivity contribution < 1.29 is 23.7 Å². The van der Waals surface area contributed by atoms with Crippen LogP contribution in [0.2, 0.25) is 0 Å². The van der Waals surface area contributed by atoms with E-state index in [-0.39, 0.29) is 11.9 Å². The highest BCUT2D eigenvalue weighted by Crippen LogP contribution is 2.40. The molecule has 1 aliphatic rings. The van der Waals surface area contributed by atoms with Gasteiger partial charge in [-0.15, -0.1) is 0 Å². The Bertz CT molecular complexity index is 1410. The minimum absolute atomic E-state index is 0.244. The summed E-state index contributed by atoms with van der Waals surface area (Å²) < 4.78 is 22.1. The number of methoxy groups -OCH3 is 3. The Kier molecular flexibility index (Phi) is 10.7. The number of piperazine rings is 1. The molecule has 44 heavy (non-hydrogen) atoms. The van der Waals surface area contributed by atoms with Gasteiger partial charge in [0.25, 0.3) is 5.91 Å². The molecular weight excluding hydrogens is 554 g/mol. The molecule has 0 saturated carbocycles. The van der Waals surface area contributed by atoms with Crippen molar-refractivity contribution in [1.29, 1.82) is 0 Å². The van der Waals surface area contributed by atoms with Crippen LogP contribution in [-0.4, -0.2) is 76.4 Å². The first-order valence-corrected chi connectivity index (χ1v) is 15.0. The van der Waals surface area contributed by atoms with Crippen molar-refractivity contribution in [2.45, 2.75) is 12.5 Å². The number of carbonyl (C=O) groups excluding carboxylic acids is 1. The van der Waals surface area contributed by atoms with Crippen LogP contribution in [0.1, 0.15) is 33.9 Å². The van der Waals surface area contributed by atoms with Gasteiger partial charge < -0.3 is 29.2 Å². The second kappa shape index (κ2) is 15.3. The molecule has 0 radical (unpaired) electrons. The molecule has 1 heterocycles. The maximum atomic E-state index is 12.9. The van der Waals surface area contributed by atoms with Crippen LogP contribution < -0.4 is 24.3 Å². The fourth-order valence-electron chi connectivity index (χ4n) is 5.67. The molecule has 0 spiro atoms. The van der Waals surface area contributed by atoms with Crippen molar-refractivity contribution in [2.24, 2.45) is 0 Å².